The van der Waals surface area contributed by atoms with Gasteiger partial charge in [0, 0.05) is 11.1 Å². The summed E-state index contributed by atoms with van der Waals surface area (Å²) in [5.74, 6) is -0.129. The molecule has 0 bridgehead atoms. The molecule has 2 aromatic rings. The van der Waals surface area contributed by atoms with Crippen LogP contribution in [0, 0.1) is 0 Å². The number of nitrogens with zero attached hydrogens (tertiary/aromatic N) is 2. The topological polar surface area (TPSA) is 70.4 Å². The van der Waals surface area contributed by atoms with Crippen molar-refractivity contribution in [2.24, 2.45) is 0 Å². The summed E-state index contributed by atoms with van der Waals surface area (Å²) in [4.78, 5) is 24.9. The molecule has 1 aromatic heterocycles. The van der Waals surface area contributed by atoms with Crippen molar-refractivity contribution in [3.8, 4) is 0 Å². The van der Waals surface area contributed by atoms with Crippen molar-refractivity contribution in [2.45, 2.75) is 26.0 Å². The smallest absolute Gasteiger partial charge is 0.314 e. The zero-order chi connectivity index (χ0) is 19.3. The third kappa shape index (κ3) is 4.86. The van der Waals surface area contributed by atoms with Crippen LogP contribution in [0.2, 0.25) is 0 Å². The molecule has 0 radical (unpaired) electrons. The Hall–Kier alpha value is -1.86. The molecular weight excluding hydrogens is 352 g/mol. The Morgan fingerprint density at radius 3 is 2.58 bits per heavy atom. The number of hydrogen-bond donors (Lipinski definition) is 0. The summed E-state index contributed by atoms with van der Waals surface area (Å²) >= 11 is 0. The van der Waals surface area contributed by atoms with E-state index in [0.29, 0.717) is 23.9 Å². The van der Waals surface area contributed by atoms with Crippen LogP contribution < -0.4 is 5.43 Å². The minimum absolute atomic E-state index is 0.211. The van der Waals surface area contributed by atoms with E-state index >= 15 is 0 Å². The number of para-hydroxylation sites is 1. The van der Waals surface area contributed by atoms with Gasteiger partial charge in [0.2, 0.25) is 5.43 Å². The number of methoxy groups -OCH3 is 1. The fourth-order valence-electron chi connectivity index (χ4n) is 2.66. The molecule has 0 saturated heterocycles. The molecule has 0 N–H and O–H groups in total. The van der Waals surface area contributed by atoms with Crippen molar-refractivity contribution < 1.29 is 14.3 Å². The molecule has 1 atom stereocenters. The SMILES string of the molecule is CCC(C(=O)OC)c1nn(COCCS(C)(C)C)c2ccccc2c1=O. The van der Waals surface area contributed by atoms with Crippen molar-refractivity contribution in [1.29, 1.82) is 0 Å². The summed E-state index contributed by atoms with van der Waals surface area (Å²) in [6.07, 6.45) is 7.17. The van der Waals surface area contributed by atoms with Gasteiger partial charge in [-0.05, 0) is 37.3 Å². The van der Waals surface area contributed by atoms with E-state index in [4.69, 9.17) is 9.47 Å². The van der Waals surface area contributed by atoms with Crippen molar-refractivity contribution >= 4 is 26.9 Å². The highest BCUT2D eigenvalue weighted by Crippen LogP contribution is 2.33. The number of fused-ring (bicyclic) bond motifs is 1. The van der Waals surface area contributed by atoms with Gasteiger partial charge < -0.3 is 9.47 Å². The lowest BCUT2D eigenvalue weighted by molar-refractivity contribution is -0.142. The molecule has 6 nitrogen and oxygen atoms in total. The normalized spacial score (nSPS) is 13.6. The van der Waals surface area contributed by atoms with Crippen molar-refractivity contribution in [2.75, 3.05) is 38.2 Å². The van der Waals surface area contributed by atoms with Crippen LogP contribution in [0.25, 0.3) is 10.9 Å². The Morgan fingerprint density at radius 1 is 1.27 bits per heavy atom. The quantitative estimate of drug-likeness (QED) is 0.520. The first-order valence-electron chi connectivity index (χ1n) is 8.59. The van der Waals surface area contributed by atoms with Crippen molar-refractivity contribution in [3.05, 3.63) is 40.2 Å². The molecule has 1 unspecified atom stereocenters. The van der Waals surface area contributed by atoms with Crippen LogP contribution in [0.5, 0.6) is 0 Å². The molecule has 1 aromatic carbocycles. The van der Waals surface area contributed by atoms with Crippen LogP contribution in [0.15, 0.2) is 29.1 Å². The predicted octanol–water partition coefficient (Wildman–Crippen LogP) is 2.73. The molecule has 144 valence electrons. The highest BCUT2D eigenvalue weighted by molar-refractivity contribution is 8.32. The van der Waals surface area contributed by atoms with Gasteiger partial charge in [-0.1, -0.05) is 19.1 Å². The molecule has 0 amide bonds. The second-order valence-corrected chi connectivity index (χ2v) is 11.6. The molecule has 0 fully saturated rings. The standard InChI is InChI=1S/C19H28N2O4S/c1-6-14(19(23)24-2)17-18(22)15-9-7-8-10-16(15)21(20-17)13-25-11-12-26(3,4)5/h7-10,14H,6,11-13H2,1-5H3. The van der Waals surface area contributed by atoms with Gasteiger partial charge in [-0.15, -0.1) is 0 Å². The molecule has 2 rings (SSSR count). The number of hydrogen-bond acceptors (Lipinski definition) is 5. The summed E-state index contributed by atoms with van der Waals surface area (Å²) in [5, 5.41) is 4.99. The molecule has 0 aliphatic heterocycles. The minimum Gasteiger partial charge on any atom is -0.469 e. The van der Waals surface area contributed by atoms with E-state index in [-0.39, 0.29) is 17.9 Å². The largest absolute Gasteiger partial charge is 0.469 e. The monoisotopic (exact) mass is 380 g/mol. The Bertz CT molecular complexity index is 826. The lowest BCUT2D eigenvalue weighted by atomic mass is 10.0. The number of carbonyl (C=O) groups is 1. The van der Waals surface area contributed by atoms with Crippen LogP contribution in [-0.4, -0.2) is 54.0 Å². The number of rotatable bonds is 8. The zero-order valence-electron chi connectivity index (χ0n) is 16.2. The molecule has 26 heavy (non-hydrogen) atoms. The Morgan fingerprint density at radius 2 is 1.96 bits per heavy atom. The minimum atomic E-state index is -0.678. The fraction of sp³-hybridized carbons (Fsp3) is 0.526. The van der Waals surface area contributed by atoms with Gasteiger partial charge >= 0.3 is 5.97 Å². The van der Waals surface area contributed by atoms with Crippen molar-refractivity contribution in [1.82, 2.24) is 9.78 Å². The molecule has 0 aliphatic rings. The summed E-state index contributed by atoms with van der Waals surface area (Å²) < 4.78 is 12.3. The zero-order valence-corrected chi connectivity index (χ0v) is 17.0. The number of ether oxygens (including phenoxy) is 2. The van der Waals surface area contributed by atoms with E-state index in [1.54, 1.807) is 16.8 Å². The maximum absolute atomic E-state index is 12.8. The van der Waals surface area contributed by atoms with Gasteiger partial charge in [-0.25, -0.2) is 14.7 Å². The maximum Gasteiger partial charge on any atom is 0.314 e. The van der Waals surface area contributed by atoms with Gasteiger partial charge in [0.25, 0.3) is 0 Å². The first-order valence-corrected chi connectivity index (χ1v) is 11.6. The average Bonchev–Trinajstić information content (AvgIpc) is 2.61. The average molecular weight is 381 g/mol. The first kappa shape index (κ1) is 20.5. The van der Waals surface area contributed by atoms with Gasteiger partial charge in [-0.2, -0.15) is 5.10 Å². The van der Waals surface area contributed by atoms with E-state index in [1.165, 1.54) is 7.11 Å². The van der Waals surface area contributed by atoms with Gasteiger partial charge in [-0.3, -0.25) is 9.59 Å². The molecule has 7 heteroatoms. The summed E-state index contributed by atoms with van der Waals surface area (Å²) in [6.45, 7) is 2.70. The van der Waals surface area contributed by atoms with E-state index in [2.05, 4.69) is 23.9 Å². The summed E-state index contributed by atoms with van der Waals surface area (Å²) in [6, 6.07) is 7.25. The molecule has 0 spiro atoms. The van der Waals surface area contributed by atoms with E-state index < -0.39 is 21.9 Å². The van der Waals surface area contributed by atoms with E-state index in [1.807, 2.05) is 19.1 Å². The van der Waals surface area contributed by atoms with Crippen LogP contribution in [-0.2, 0) is 21.0 Å². The van der Waals surface area contributed by atoms with Gasteiger partial charge in [0.15, 0.2) is 0 Å². The predicted molar refractivity (Wildman–Crippen MR) is 107 cm³/mol. The number of aromatic nitrogens is 2. The second-order valence-electron chi connectivity index (χ2n) is 7.05. The lowest BCUT2D eigenvalue weighted by Crippen LogP contribution is -2.27. The highest BCUT2D eigenvalue weighted by atomic mass is 32.3. The van der Waals surface area contributed by atoms with E-state index in [9.17, 15) is 9.59 Å². The second kappa shape index (κ2) is 8.68. The van der Waals surface area contributed by atoms with Crippen molar-refractivity contribution in [3.63, 3.8) is 0 Å². The highest BCUT2D eigenvalue weighted by Gasteiger charge is 2.26. The maximum atomic E-state index is 12.8. The Kier molecular flexibility index (Phi) is 6.83. The summed E-state index contributed by atoms with van der Waals surface area (Å²) in [5.41, 5.74) is 0.681. The van der Waals surface area contributed by atoms with Gasteiger partial charge in [0.05, 0.1) is 19.2 Å². The molecular formula is C19H28N2O4S. The first-order chi connectivity index (χ1) is 12.3. The third-order valence-electron chi connectivity index (χ3n) is 4.17. The van der Waals surface area contributed by atoms with Crippen LogP contribution in [0.1, 0.15) is 25.0 Å². The van der Waals surface area contributed by atoms with Crippen LogP contribution in [0.3, 0.4) is 0 Å². The molecule has 0 aliphatic carbocycles. The van der Waals surface area contributed by atoms with Gasteiger partial charge in [0.1, 0.15) is 18.3 Å². The molecule has 1 heterocycles. The Labute approximate surface area is 155 Å². The fourth-order valence-corrected chi connectivity index (χ4v) is 3.28. The molecule has 0 saturated carbocycles. The number of benzene rings is 1. The number of esters is 1. The number of carbonyl (C=O) groups excluding carboxylic acids is 1. The lowest BCUT2D eigenvalue weighted by Gasteiger charge is -2.24. The third-order valence-corrected chi connectivity index (χ3v) is 5.56. The summed E-state index contributed by atoms with van der Waals surface area (Å²) in [7, 11) is 0.688. The van der Waals surface area contributed by atoms with Crippen LogP contribution in [0.4, 0.5) is 0 Å². The van der Waals surface area contributed by atoms with Crippen LogP contribution >= 0.6 is 10.0 Å². The van der Waals surface area contributed by atoms with E-state index in [0.717, 1.165) is 5.75 Å². The Balaban J connectivity index is 2.40.